The maximum absolute atomic E-state index is 12.7. The van der Waals surface area contributed by atoms with Crippen molar-refractivity contribution >= 4 is 56.8 Å². The van der Waals surface area contributed by atoms with Crippen molar-refractivity contribution in [1.29, 1.82) is 5.26 Å². The van der Waals surface area contributed by atoms with Crippen molar-refractivity contribution in [3.63, 3.8) is 0 Å². The second kappa shape index (κ2) is 10.7. The molecule has 1 aliphatic heterocycles. The number of amides is 1. The summed E-state index contributed by atoms with van der Waals surface area (Å²) in [6.07, 6.45) is 0.918. The first-order valence-corrected chi connectivity index (χ1v) is 13.3. The van der Waals surface area contributed by atoms with Crippen molar-refractivity contribution in [1.82, 2.24) is 4.90 Å². The Labute approximate surface area is 215 Å². The summed E-state index contributed by atoms with van der Waals surface area (Å²) in [4.78, 5) is 16.6. The van der Waals surface area contributed by atoms with Crippen LogP contribution in [0.1, 0.15) is 34.1 Å². The molecule has 34 heavy (non-hydrogen) atoms. The number of thiophene rings is 1. The van der Waals surface area contributed by atoms with Gasteiger partial charge in [0.05, 0.1) is 23.3 Å². The lowest BCUT2D eigenvalue weighted by Crippen LogP contribution is -2.37. The Bertz CT molecular complexity index is 1260. The van der Waals surface area contributed by atoms with Crippen LogP contribution in [0.25, 0.3) is 0 Å². The van der Waals surface area contributed by atoms with E-state index in [1.165, 1.54) is 11.3 Å². The molecule has 0 aliphatic carbocycles. The van der Waals surface area contributed by atoms with Crippen LogP contribution >= 0.6 is 34.5 Å². The zero-order chi connectivity index (χ0) is 24.4. The molecule has 4 rings (SSSR count). The standard InChI is InChI=1S/C24H22Cl2N4O2S2/c1-14-8-22-20(13-30(14)12-16-10-17(25)4-7-21(16)26)19(11-27)24(33-22)29-23(31)9-15-2-5-18(6-3-15)34(28)32/h2-7,10,14H,8-9,12-13,28H2,1H3,(H,29,31). The number of hydrogen-bond donors (Lipinski definition) is 2. The summed E-state index contributed by atoms with van der Waals surface area (Å²) < 4.78 is 11.3. The molecule has 2 atom stereocenters. The lowest BCUT2D eigenvalue weighted by atomic mass is 9.99. The van der Waals surface area contributed by atoms with Crippen molar-refractivity contribution in [3.8, 4) is 6.07 Å². The molecule has 3 N–H and O–H groups in total. The molecule has 2 heterocycles. The number of nitrogens with zero attached hydrogens (tertiary/aromatic N) is 2. The van der Waals surface area contributed by atoms with E-state index in [-0.39, 0.29) is 18.4 Å². The average Bonchev–Trinajstić information content (AvgIpc) is 3.12. The van der Waals surface area contributed by atoms with E-state index in [1.807, 2.05) is 6.07 Å². The maximum atomic E-state index is 12.7. The normalized spacial score (nSPS) is 16.5. The van der Waals surface area contributed by atoms with Gasteiger partial charge in [0.15, 0.2) is 4.90 Å². The van der Waals surface area contributed by atoms with Crippen LogP contribution < -0.4 is 10.5 Å². The number of carbonyl (C=O) groups is 1. The van der Waals surface area contributed by atoms with E-state index in [0.717, 1.165) is 28.0 Å². The first kappa shape index (κ1) is 25.0. The van der Waals surface area contributed by atoms with Gasteiger partial charge >= 0.3 is 0 Å². The minimum atomic E-state index is -1.56. The van der Waals surface area contributed by atoms with E-state index in [1.54, 1.807) is 36.4 Å². The SMILES string of the molecule is CC1Cc2sc(NC(=O)Cc3ccc([S+](N)[O-])cc3)c(C#N)c2CN1Cc1cc(Cl)ccc1Cl. The molecular weight excluding hydrogens is 511 g/mol. The van der Waals surface area contributed by atoms with E-state index < -0.39 is 11.4 Å². The quantitative estimate of drug-likeness (QED) is 0.432. The molecule has 10 heteroatoms. The fraction of sp³-hybridized carbons (Fsp3) is 0.250. The molecule has 2 aromatic carbocycles. The van der Waals surface area contributed by atoms with Gasteiger partial charge in [-0.3, -0.25) is 9.69 Å². The number of carbonyl (C=O) groups excluding carboxylic acids is 1. The van der Waals surface area contributed by atoms with Crippen LogP contribution in [0.2, 0.25) is 10.0 Å². The first-order chi connectivity index (χ1) is 16.2. The van der Waals surface area contributed by atoms with Crippen LogP contribution in [0.15, 0.2) is 47.4 Å². The minimum absolute atomic E-state index is 0.140. The Hall–Kier alpha value is -2.09. The van der Waals surface area contributed by atoms with Crippen LogP contribution in [0.3, 0.4) is 0 Å². The van der Waals surface area contributed by atoms with Crippen molar-refractivity contribution in [2.75, 3.05) is 5.32 Å². The molecule has 0 saturated heterocycles. The highest BCUT2D eigenvalue weighted by molar-refractivity contribution is 7.89. The van der Waals surface area contributed by atoms with Gasteiger partial charge in [-0.05, 0) is 54.8 Å². The molecule has 1 amide bonds. The smallest absolute Gasteiger partial charge is 0.229 e. The fourth-order valence-corrected chi connectivity index (χ4v) is 6.07. The summed E-state index contributed by atoms with van der Waals surface area (Å²) in [5.74, 6) is -0.215. The van der Waals surface area contributed by atoms with E-state index in [0.29, 0.717) is 38.6 Å². The molecule has 3 aromatic rings. The van der Waals surface area contributed by atoms with Crippen LogP contribution in [0, 0.1) is 11.3 Å². The third-order valence-corrected chi connectivity index (χ3v) is 8.33. The van der Waals surface area contributed by atoms with Crippen molar-refractivity contribution < 1.29 is 9.35 Å². The number of benzene rings is 2. The highest BCUT2D eigenvalue weighted by atomic mass is 35.5. The number of anilines is 1. The van der Waals surface area contributed by atoms with E-state index >= 15 is 0 Å². The molecule has 0 radical (unpaired) electrons. The van der Waals surface area contributed by atoms with Gasteiger partial charge in [-0.15, -0.1) is 16.5 Å². The summed E-state index contributed by atoms with van der Waals surface area (Å²) in [7, 11) is 0. The molecule has 0 spiro atoms. The average molecular weight is 534 g/mol. The molecule has 0 bridgehead atoms. The van der Waals surface area contributed by atoms with Gasteiger partial charge < -0.3 is 9.87 Å². The first-order valence-electron chi connectivity index (χ1n) is 10.5. The minimum Gasteiger partial charge on any atom is -0.593 e. The van der Waals surface area contributed by atoms with Gasteiger partial charge in [0, 0.05) is 39.6 Å². The number of halogens is 2. The molecule has 1 aromatic heterocycles. The molecule has 0 saturated carbocycles. The lowest BCUT2D eigenvalue weighted by Gasteiger charge is -2.33. The summed E-state index contributed by atoms with van der Waals surface area (Å²) in [6.45, 7) is 3.35. The third kappa shape index (κ3) is 5.58. The van der Waals surface area contributed by atoms with E-state index in [4.69, 9.17) is 28.3 Å². The Morgan fingerprint density at radius 1 is 1.32 bits per heavy atom. The van der Waals surface area contributed by atoms with Gasteiger partial charge in [-0.25, -0.2) is 0 Å². The highest BCUT2D eigenvalue weighted by Crippen LogP contribution is 2.39. The number of nitrogens with two attached hydrogens (primary N) is 1. The second-order valence-corrected chi connectivity index (χ2v) is 11.2. The lowest BCUT2D eigenvalue weighted by molar-refractivity contribution is -0.115. The monoisotopic (exact) mass is 532 g/mol. The Morgan fingerprint density at radius 3 is 2.74 bits per heavy atom. The summed E-state index contributed by atoms with van der Waals surface area (Å²) in [5.41, 5.74) is 3.17. The number of nitriles is 1. The zero-order valence-corrected chi connectivity index (χ0v) is 21.5. The summed E-state index contributed by atoms with van der Waals surface area (Å²) >= 11 is 12.4. The maximum Gasteiger partial charge on any atom is 0.229 e. The molecule has 176 valence electrons. The largest absolute Gasteiger partial charge is 0.593 e. The Balaban J connectivity index is 1.49. The molecule has 6 nitrogen and oxygen atoms in total. The van der Waals surface area contributed by atoms with Gasteiger partial charge in [0.25, 0.3) is 0 Å². The summed E-state index contributed by atoms with van der Waals surface area (Å²) in [5, 5.41) is 20.0. The van der Waals surface area contributed by atoms with Crippen molar-refractivity contribution in [3.05, 3.63) is 79.6 Å². The van der Waals surface area contributed by atoms with Crippen LogP contribution in [0.5, 0.6) is 0 Å². The molecule has 0 fully saturated rings. The number of fused-ring (bicyclic) bond motifs is 1. The van der Waals surface area contributed by atoms with E-state index in [2.05, 4.69) is 23.2 Å². The highest BCUT2D eigenvalue weighted by Gasteiger charge is 2.30. The van der Waals surface area contributed by atoms with Gasteiger partial charge in [-0.2, -0.15) is 5.26 Å². The molecule has 2 unspecified atom stereocenters. The molecule has 1 aliphatic rings. The predicted molar refractivity (Wildman–Crippen MR) is 137 cm³/mol. The summed E-state index contributed by atoms with van der Waals surface area (Å²) in [6, 6.07) is 14.7. The number of hydrogen-bond acceptors (Lipinski definition) is 6. The third-order valence-electron chi connectivity index (χ3n) is 5.82. The zero-order valence-electron chi connectivity index (χ0n) is 18.3. The van der Waals surface area contributed by atoms with Gasteiger partial charge in [0.1, 0.15) is 11.1 Å². The van der Waals surface area contributed by atoms with Gasteiger partial charge in [-0.1, -0.05) is 35.3 Å². The van der Waals surface area contributed by atoms with Crippen LogP contribution in [-0.4, -0.2) is 21.4 Å². The van der Waals surface area contributed by atoms with Crippen molar-refractivity contribution in [2.45, 2.75) is 43.8 Å². The van der Waals surface area contributed by atoms with Crippen molar-refractivity contribution in [2.24, 2.45) is 5.14 Å². The Morgan fingerprint density at radius 2 is 2.06 bits per heavy atom. The predicted octanol–water partition coefficient (Wildman–Crippen LogP) is 5.04. The van der Waals surface area contributed by atoms with E-state index in [9.17, 15) is 14.6 Å². The van der Waals surface area contributed by atoms with Crippen LogP contribution in [-0.2, 0) is 42.1 Å². The van der Waals surface area contributed by atoms with Gasteiger partial charge in [0.2, 0.25) is 5.91 Å². The Kier molecular flexibility index (Phi) is 7.85. The number of nitrogens with one attached hydrogen (secondary N) is 1. The second-order valence-electron chi connectivity index (χ2n) is 8.18. The topological polar surface area (TPSA) is 105 Å². The van der Waals surface area contributed by atoms with Crippen LogP contribution in [0.4, 0.5) is 5.00 Å². The fourth-order valence-electron chi connectivity index (χ4n) is 4.00. The number of rotatable bonds is 6. The molecular formula is C24H22Cl2N4O2S2.